The highest BCUT2D eigenvalue weighted by Crippen LogP contribution is 2.31. The third-order valence-corrected chi connectivity index (χ3v) is 4.36. The maximum Gasteiger partial charge on any atom is 0.269 e. The number of benzene rings is 2. The number of oxime groups is 1. The van der Waals surface area contributed by atoms with Gasteiger partial charge in [0.25, 0.3) is 5.69 Å². The lowest BCUT2D eigenvalue weighted by Crippen LogP contribution is -2.16. The van der Waals surface area contributed by atoms with E-state index in [-0.39, 0.29) is 17.0 Å². The third-order valence-electron chi connectivity index (χ3n) is 3.22. The van der Waals surface area contributed by atoms with Crippen molar-refractivity contribution in [1.82, 2.24) is 0 Å². The zero-order valence-electron chi connectivity index (χ0n) is 13.9. The minimum atomic E-state index is -0.423. The van der Waals surface area contributed by atoms with Crippen LogP contribution < -0.4 is 0 Å². The van der Waals surface area contributed by atoms with Crippen LogP contribution in [0, 0.1) is 17.0 Å². The molecule has 24 heavy (non-hydrogen) atoms. The van der Waals surface area contributed by atoms with E-state index in [1.165, 1.54) is 22.6 Å². The van der Waals surface area contributed by atoms with Crippen molar-refractivity contribution in [2.24, 2.45) is 5.16 Å². The summed E-state index contributed by atoms with van der Waals surface area (Å²) in [5.74, 6) is 0. The monoisotopic (exact) mass is 344 g/mol. The molecule has 2 rings (SSSR count). The van der Waals surface area contributed by atoms with Gasteiger partial charge in [-0.25, -0.2) is 0 Å². The van der Waals surface area contributed by atoms with Crippen molar-refractivity contribution in [3.63, 3.8) is 0 Å². The Morgan fingerprint density at radius 3 is 2.38 bits per heavy atom. The van der Waals surface area contributed by atoms with Crippen LogP contribution in [0.15, 0.2) is 58.6 Å². The second kappa shape index (κ2) is 7.97. The smallest absolute Gasteiger partial charge is 0.269 e. The van der Waals surface area contributed by atoms with Gasteiger partial charge in [0.05, 0.1) is 15.9 Å². The van der Waals surface area contributed by atoms with E-state index in [0.717, 1.165) is 5.56 Å². The van der Waals surface area contributed by atoms with Gasteiger partial charge in [-0.1, -0.05) is 22.9 Å². The largest absolute Gasteiger partial charge is 0.391 e. The van der Waals surface area contributed by atoms with Crippen molar-refractivity contribution < 1.29 is 9.76 Å². The van der Waals surface area contributed by atoms with Crippen LogP contribution in [0.25, 0.3) is 0 Å². The predicted molar refractivity (Wildman–Crippen MR) is 97.5 cm³/mol. The summed E-state index contributed by atoms with van der Waals surface area (Å²) in [4.78, 5) is 16.6. The first-order valence-electron chi connectivity index (χ1n) is 7.51. The van der Waals surface area contributed by atoms with Gasteiger partial charge in [0, 0.05) is 17.0 Å². The fourth-order valence-corrected chi connectivity index (χ4v) is 2.90. The van der Waals surface area contributed by atoms with Gasteiger partial charge in [0.2, 0.25) is 0 Å². The zero-order chi connectivity index (χ0) is 17.6. The van der Waals surface area contributed by atoms with E-state index >= 15 is 0 Å². The number of nitro groups is 1. The maximum atomic E-state index is 10.6. The molecule has 126 valence electrons. The Balaban J connectivity index is 1.85. The highest BCUT2D eigenvalue weighted by atomic mass is 32.2. The van der Waals surface area contributed by atoms with E-state index < -0.39 is 4.92 Å². The second-order valence-electron chi connectivity index (χ2n) is 5.95. The van der Waals surface area contributed by atoms with E-state index in [2.05, 4.69) is 50.2 Å². The number of thioether (sulfide) groups is 1. The summed E-state index contributed by atoms with van der Waals surface area (Å²) >= 11 is 1.70. The van der Waals surface area contributed by atoms with Crippen LogP contribution in [0.3, 0.4) is 0 Å². The van der Waals surface area contributed by atoms with Crippen molar-refractivity contribution in [2.75, 3.05) is 0 Å². The Hall–Kier alpha value is -2.34. The minimum Gasteiger partial charge on any atom is -0.391 e. The molecule has 2 aromatic carbocycles. The molecule has 0 saturated carbocycles. The van der Waals surface area contributed by atoms with Crippen molar-refractivity contribution in [1.29, 1.82) is 0 Å². The van der Waals surface area contributed by atoms with E-state index in [0.29, 0.717) is 0 Å². The summed E-state index contributed by atoms with van der Waals surface area (Å²) in [6, 6.07) is 14.6. The van der Waals surface area contributed by atoms with Gasteiger partial charge >= 0.3 is 0 Å². The zero-order valence-corrected chi connectivity index (χ0v) is 14.7. The first-order valence-corrected chi connectivity index (χ1v) is 8.33. The van der Waals surface area contributed by atoms with Gasteiger partial charge in [-0.05, 0) is 50.6 Å². The van der Waals surface area contributed by atoms with E-state index in [4.69, 9.17) is 4.84 Å². The molecule has 6 heteroatoms. The number of non-ortho nitro benzene ring substituents is 1. The summed E-state index contributed by atoms with van der Waals surface area (Å²) in [5.41, 5.74) is 2.14. The number of hydrogen-bond acceptors (Lipinski definition) is 5. The molecule has 0 amide bonds. The van der Waals surface area contributed by atoms with Crippen LogP contribution in [0.2, 0.25) is 0 Å². The fraction of sp³-hybridized carbons (Fsp3) is 0.278. The number of nitro benzene ring substituents is 1. The molecular weight excluding hydrogens is 324 g/mol. The lowest BCUT2D eigenvalue weighted by atomic mass is 10.2. The van der Waals surface area contributed by atoms with E-state index in [1.54, 1.807) is 30.1 Å². The number of aryl methyl sites for hydroxylation is 1. The highest BCUT2D eigenvalue weighted by Gasteiger charge is 2.17. The first-order chi connectivity index (χ1) is 11.4. The van der Waals surface area contributed by atoms with Crippen molar-refractivity contribution in [3.8, 4) is 0 Å². The van der Waals surface area contributed by atoms with Crippen molar-refractivity contribution in [2.45, 2.75) is 37.0 Å². The molecule has 0 aliphatic carbocycles. The molecule has 0 radical (unpaired) electrons. The van der Waals surface area contributed by atoms with Crippen LogP contribution in [-0.4, -0.2) is 15.9 Å². The van der Waals surface area contributed by atoms with Gasteiger partial charge in [-0.15, -0.1) is 11.8 Å². The van der Waals surface area contributed by atoms with Gasteiger partial charge in [-0.3, -0.25) is 10.1 Å². The number of rotatable bonds is 7. The van der Waals surface area contributed by atoms with Crippen molar-refractivity contribution in [3.05, 3.63) is 69.8 Å². The molecule has 0 heterocycles. The lowest BCUT2D eigenvalue weighted by molar-refractivity contribution is -0.384. The Labute approximate surface area is 145 Å². The fourth-order valence-electron chi connectivity index (χ4n) is 1.93. The van der Waals surface area contributed by atoms with Crippen LogP contribution in [0.1, 0.15) is 25.0 Å². The molecule has 0 saturated heterocycles. The average molecular weight is 344 g/mol. The second-order valence-corrected chi connectivity index (χ2v) is 7.68. The van der Waals surface area contributed by atoms with E-state index in [1.807, 2.05) is 0 Å². The number of nitrogens with zero attached hydrogens (tertiary/aromatic N) is 2. The third kappa shape index (κ3) is 5.70. The molecule has 0 spiro atoms. The van der Waals surface area contributed by atoms with Crippen LogP contribution in [0.4, 0.5) is 5.69 Å². The Kier molecular flexibility index (Phi) is 5.98. The van der Waals surface area contributed by atoms with Crippen LogP contribution in [0.5, 0.6) is 0 Å². The molecule has 0 aliphatic rings. The molecule has 0 atom stereocenters. The normalized spacial score (nSPS) is 11.6. The van der Waals surface area contributed by atoms with Gasteiger partial charge in [0.15, 0.2) is 0 Å². The molecule has 5 nitrogen and oxygen atoms in total. The van der Waals surface area contributed by atoms with Gasteiger partial charge in [-0.2, -0.15) is 0 Å². The van der Waals surface area contributed by atoms with Crippen molar-refractivity contribution >= 4 is 23.7 Å². The molecule has 0 aromatic heterocycles. The quantitative estimate of drug-likeness (QED) is 0.308. The molecule has 2 aromatic rings. The van der Waals surface area contributed by atoms with Crippen LogP contribution >= 0.6 is 11.8 Å². The lowest BCUT2D eigenvalue weighted by Gasteiger charge is -2.18. The molecular formula is C18H20N2O3S. The summed E-state index contributed by atoms with van der Waals surface area (Å²) in [6.45, 7) is 6.47. The van der Waals surface area contributed by atoms with Gasteiger partial charge in [0.1, 0.15) is 6.61 Å². The molecule has 0 fully saturated rings. The molecule has 0 N–H and O–H groups in total. The predicted octanol–water partition coefficient (Wildman–Crippen LogP) is 4.98. The van der Waals surface area contributed by atoms with Gasteiger partial charge < -0.3 is 4.84 Å². The summed E-state index contributed by atoms with van der Waals surface area (Å²) in [7, 11) is 0. The molecule has 0 unspecified atom stereocenters. The summed E-state index contributed by atoms with van der Waals surface area (Å²) in [5, 5.41) is 14.6. The first kappa shape index (κ1) is 18.0. The number of hydrogen-bond donors (Lipinski definition) is 0. The highest BCUT2D eigenvalue weighted by molar-refractivity contribution is 8.01. The van der Waals surface area contributed by atoms with Crippen LogP contribution in [-0.2, 0) is 11.4 Å². The Morgan fingerprint density at radius 2 is 1.79 bits per heavy atom. The Bertz CT molecular complexity index is 710. The Morgan fingerprint density at radius 1 is 1.17 bits per heavy atom. The average Bonchev–Trinajstić information content (AvgIpc) is 2.54. The standard InChI is InChI=1S/C18H20N2O3S/c1-14-4-10-17(11-5-14)24-18(2,3)13-19-23-12-15-6-8-16(9-7-15)20(21)22/h4-11,13H,12H2,1-3H3/b19-13+. The molecule has 0 bridgehead atoms. The topological polar surface area (TPSA) is 64.7 Å². The summed E-state index contributed by atoms with van der Waals surface area (Å²) < 4.78 is -0.204. The SMILES string of the molecule is Cc1ccc(SC(C)(C)/C=N/OCc2ccc([N+](=O)[O-])cc2)cc1. The molecule has 0 aliphatic heterocycles. The maximum absolute atomic E-state index is 10.6. The minimum absolute atomic E-state index is 0.0675. The van der Waals surface area contributed by atoms with E-state index in [9.17, 15) is 10.1 Å². The summed E-state index contributed by atoms with van der Waals surface area (Å²) in [6.07, 6.45) is 1.77.